The van der Waals surface area contributed by atoms with E-state index in [1.54, 1.807) is 36.4 Å². The number of hydrogen-bond donors (Lipinski definition) is 4. The molecule has 1 fully saturated rings. The van der Waals surface area contributed by atoms with Crippen LogP contribution < -0.4 is 5.32 Å². The third-order valence-electron chi connectivity index (χ3n) is 6.78. The van der Waals surface area contributed by atoms with Crippen LogP contribution in [0.1, 0.15) is 17.4 Å². The molecule has 3 heterocycles. The zero-order valence-corrected chi connectivity index (χ0v) is 22.1. The molecule has 0 saturated carbocycles. The van der Waals surface area contributed by atoms with Gasteiger partial charge in [-0.3, -0.25) is 4.57 Å². The first-order valence-corrected chi connectivity index (χ1v) is 12.9. The van der Waals surface area contributed by atoms with Crippen LogP contribution in [0.25, 0.3) is 11.2 Å². The molecule has 1 aliphatic rings. The largest absolute Gasteiger partial charge is 0.479 e. The fourth-order valence-corrected chi connectivity index (χ4v) is 4.72. The van der Waals surface area contributed by atoms with Crippen molar-refractivity contribution >= 4 is 34.6 Å². The number of carboxylic acid groups (broad SMARTS) is 1. The monoisotopic (exact) mass is 581 g/mol. The van der Waals surface area contributed by atoms with Crippen molar-refractivity contribution in [2.24, 2.45) is 0 Å². The summed E-state index contributed by atoms with van der Waals surface area (Å²) >= 11 is 6.18. The van der Waals surface area contributed by atoms with Crippen molar-refractivity contribution in [3.8, 4) is 12.3 Å². The number of rotatable bonds is 10. The van der Waals surface area contributed by atoms with Crippen molar-refractivity contribution in [2.45, 2.75) is 43.1 Å². The van der Waals surface area contributed by atoms with Gasteiger partial charge >= 0.3 is 5.97 Å². The summed E-state index contributed by atoms with van der Waals surface area (Å²) in [7, 11) is 0. The van der Waals surface area contributed by atoms with Crippen molar-refractivity contribution in [3.05, 3.63) is 83.2 Å². The lowest BCUT2D eigenvalue weighted by atomic mass is 9.93. The number of nitrogens with one attached hydrogen (secondary N) is 1. The molecule has 4 N–H and O–H groups in total. The number of benzene rings is 2. The lowest BCUT2D eigenvalue weighted by Crippen LogP contribution is -2.48. The van der Waals surface area contributed by atoms with Crippen LogP contribution in [0, 0.1) is 18.2 Å². The van der Waals surface area contributed by atoms with E-state index in [0.717, 1.165) is 11.1 Å². The summed E-state index contributed by atoms with van der Waals surface area (Å²) in [5, 5.41) is 34.9. The van der Waals surface area contributed by atoms with E-state index in [1.165, 1.54) is 23.0 Å². The van der Waals surface area contributed by atoms with Crippen LogP contribution in [0.15, 0.2) is 60.9 Å². The molecule has 0 bridgehead atoms. The molecule has 212 valence electrons. The SMILES string of the molecule is C#C[C@@]1(O)[C@@H](COC(Cc2ccccc2)C(=O)O)O[C@@H](n2cnc3c(NCc4ccc(F)cc4)nc(Cl)nc32)[C@@H]1O. The predicted molar refractivity (Wildman–Crippen MR) is 145 cm³/mol. The molecule has 0 spiro atoms. The quantitative estimate of drug-likeness (QED) is 0.162. The number of terminal acetylenes is 1. The Morgan fingerprint density at radius 1 is 1.22 bits per heavy atom. The fourth-order valence-electron chi connectivity index (χ4n) is 4.55. The Hall–Kier alpha value is -4.12. The van der Waals surface area contributed by atoms with Crippen LogP contribution >= 0.6 is 11.6 Å². The molecule has 1 aliphatic heterocycles. The first-order valence-electron chi connectivity index (χ1n) is 12.5. The van der Waals surface area contributed by atoms with E-state index in [2.05, 4.69) is 26.2 Å². The molecule has 41 heavy (non-hydrogen) atoms. The van der Waals surface area contributed by atoms with Gasteiger partial charge in [-0.2, -0.15) is 9.97 Å². The van der Waals surface area contributed by atoms with Gasteiger partial charge in [-0.15, -0.1) is 6.42 Å². The highest BCUT2D eigenvalue weighted by Gasteiger charge is 2.56. The number of aliphatic carboxylic acids is 1. The zero-order chi connectivity index (χ0) is 29.1. The Bertz CT molecular complexity index is 1580. The van der Waals surface area contributed by atoms with Crippen LogP contribution in [0.4, 0.5) is 10.2 Å². The lowest BCUT2D eigenvalue weighted by Gasteiger charge is -2.26. The Labute approximate surface area is 238 Å². The highest BCUT2D eigenvalue weighted by atomic mass is 35.5. The van der Waals surface area contributed by atoms with Crippen molar-refractivity contribution in [3.63, 3.8) is 0 Å². The lowest BCUT2D eigenvalue weighted by molar-refractivity contribution is -0.156. The first kappa shape index (κ1) is 28.4. The zero-order valence-electron chi connectivity index (χ0n) is 21.4. The highest BCUT2D eigenvalue weighted by Crippen LogP contribution is 2.39. The molecule has 1 unspecified atom stereocenters. The molecule has 0 radical (unpaired) electrons. The normalized spacial score (nSPS) is 22.9. The van der Waals surface area contributed by atoms with Crippen LogP contribution in [0.3, 0.4) is 0 Å². The maximum Gasteiger partial charge on any atom is 0.333 e. The van der Waals surface area contributed by atoms with E-state index >= 15 is 0 Å². The number of aliphatic hydroxyl groups is 2. The number of nitrogens with zero attached hydrogens (tertiary/aromatic N) is 4. The van der Waals surface area contributed by atoms with Gasteiger partial charge in [-0.1, -0.05) is 48.4 Å². The van der Waals surface area contributed by atoms with E-state index in [4.69, 9.17) is 27.5 Å². The number of aliphatic hydroxyl groups excluding tert-OH is 1. The van der Waals surface area contributed by atoms with E-state index in [0.29, 0.717) is 0 Å². The molecule has 4 aromatic rings. The Morgan fingerprint density at radius 3 is 2.63 bits per heavy atom. The van der Waals surface area contributed by atoms with Gasteiger partial charge in [0.15, 0.2) is 34.9 Å². The molecule has 1 saturated heterocycles. The second kappa shape index (κ2) is 11.8. The fraction of sp³-hybridized carbons (Fsp3) is 0.286. The smallest absolute Gasteiger partial charge is 0.333 e. The van der Waals surface area contributed by atoms with E-state index in [-0.39, 0.29) is 41.0 Å². The summed E-state index contributed by atoms with van der Waals surface area (Å²) in [4.78, 5) is 24.6. The maximum atomic E-state index is 13.2. The molecule has 0 amide bonds. The van der Waals surface area contributed by atoms with Gasteiger partial charge in [0.1, 0.15) is 18.0 Å². The Balaban J connectivity index is 1.36. The standard InChI is InChI=1S/C28H25ClFN5O6/c1-2-28(39)20(14-40-19(26(37)38)12-16-6-4-3-5-7-16)41-25(22(28)36)35-15-32-21-23(33-27(29)34-24(21)35)31-13-17-8-10-18(30)11-9-17/h1,3-11,15,19-20,22,25,36,39H,12-14H2,(H,37,38)(H,31,33,34)/t19?,20-,22+,25-,28-/m1/s1. The predicted octanol–water partition coefficient (Wildman–Crippen LogP) is 2.57. The third-order valence-corrected chi connectivity index (χ3v) is 6.95. The Kier molecular flexibility index (Phi) is 8.16. The van der Waals surface area contributed by atoms with Gasteiger partial charge in [0.05, 0.1) is 12.9 Å². The minimum Gasteiger partial charge on any atom is -0.479 e. The molecule has 2 aromatic heterocycles. The first-order chi connectivity index (χ1) is 19.7. The topological polar surface area (TPSA) is 152 Å². The Morgan fingerprint density at radius 2 is 1.95 bits per heavy atom. The molecule has 13 heteroatoms. The average molecular weight is 582 g/mol. The molecule has 2 aromatic carbocycles. The summed E-state index contributed by atoms with van der Waals surface area (Å²) in [6, 6.07) is 14.8. The number of halogens is 2. The molecule has 0 aliphatic carbocycles. The van der Waals surface area contributed by atoms with E-state index in [9.17, 15) is 24.5 Å². The maximum absolute atomic E-state index is 13.2. The number of carboxylic acids is 1. The minimum absolute atomic E-state index is 0.0681. The second-order valence-electron chi connectivity index (χ2n) is 9.43. The minimum atomic E-state index is -2.22. The number of ether oxygens (including phenoxy) is 2. The molecular formula is C28H25ClFN5O6. The summed E-state index contributed by atoms with van der Waals surface area (Å²) < 4.78 is 26.1. The van der Waals surface area contributed by atoms with Gasteiger partial charge in [0, 0.05) is 13.0 Å². The highest BCUT2D eigenvalue weighted by molar-refractivity contribution is 6.28. The number of carbonyl (C=O) groups is 1. The second-order valence-corrected chi connectivity index (χ2v) is 9.76. The third kappa shape index (κ3) is 5.85. The summed E-state index contributed by atoms with van der Waals surface area (Å²) in [5.41, 5.74) is -0.258. The van der Waals surface area contributed by atoms with Crippen molar-refractivity contribution in [2.75, 3.05) is 11.9 Å². The number of imidazole rings is 1. The van der Waals surface area contributed by atoms with Crippen LogP contribution in [0.5, 0.6) is 0 Å². The van der Waals surface area contributed by atoms with Crippen LogP contribution in [0.2, 0.25) is 5.28 Å². The van der Waals surface area contributed by atoms with Gasteiger partial charge in [-0.25, -0.2) is 14.2 Å². The van der Waals surface area contributed by atoms with Gasteiger partial charge in [-0.05, 0) is 34.9 Å². The van der Waals surface area contributed by atoms with Gasteiger partial charge in [0.2, 0.25) is 5.28 Å². The summed E-state index contributed by atoms with van der Waals surface area (Å²) in [6.45, 7) is -0.146. The van der Waals surface area contributed by atoms with E-state index in [1.807, 2.05) is 6.07 Å². The number of fused-ring (bicyclic) bond motifs is 1. The summed E-state index contributed by atoms with van der Waals surface area (Å²) in [5.74, 6) is 0.872. The molecule has 5 rings (SSSR count). The van der Waals surface area contributed by atoms with Gasteiger partial charge < -0.3 is 30.1 Å². The van der Waals surface area contributed by atoms with E-state index < -0.39 is 42.7 Å². The van der Waals surface area contributed by atoms with Gasteiger partial charge in [0.25, 0.3) is 0 Å². The van der Waals surface area contributed by atoms with Crippen LogP contribution in [-0.4, -0.2) is 71.3 Å². The number of hydrogen-bond acceptors (Lipinski definition) is 9. The van der Waals surface area contributed by atoms with Crippen molar-refractivity contribution in [1.82, 2.24) is 19.5 Å². The van der Waals surface area contributed by atoms with Crippen molar-refractivity contribution in [1.29, 1.82) is 0 Å². The number of anilines is 1. The molecular weight excluding hydrogens is 557 g/mol. The van der Waals surface area contributed by atoms with Crippen molar-refractivity contribution < 1.29 is 34.0 Å². The molecule has 11 nitrogen and oxygen atoms in total. The van der Waals surface area contributed by atoms with Crippen LogP contribution in [-0.2, 0) is 27.2 Å². The number of aromatic nitrogens is 4. The summed E-state index contributed by atoms with van der Waals surface area (Å²) in [6.07, 6.45) is 1.50. The average Bonchev–Trinajstić information content (AvgIpc) is 3.49. The molecule has 5 atom stereocenters.